The van der Waals surface area contributed by atoms with Crippen molar-refractivity contribution in [2.75, 3.05) is 6.61 Å². The molecule has 0 saturated carbocycles. The van der Waals surface area contributed by atoms with E-state index in [0.29, 0.717) is 17.8 Å². The van der Waals surface area contributed by atoms with Gasteiger partial charge in [0.05, 0.1) is 6.61 Å². The first-order valence-electron chi connectivity index (χ1n) is 5.30. The highest BCUT2D eigenvalue weighted by Crippen LogP contribution is 2.23. The van der Waals surface area contributed by atoms with Crippen molar-refractivity contribution in [2.45, 2.75) is 20.8 Å². The highest BCUT2D eigenvalue weighted by atomic mass is 16.5. The van der Waals surface area contributed by atoms with Gasteiger partial charge in [0, 0.05) is 17.0 Å². The maximum atomic E-state index is 11.5. The minimum atomic E-state index is -0.279. The largest absolute Gasteiger partial charge is 0.494 e. The Balaban J connectivity index is 2.71. The van der Waals surface area contributed by atoms with Crippen LogP contribution in [0.2, 0.25) is 0 Å². The normalized spacial score (nSPS) is 10.7. The summed E-state index contributed by atoms with van der Waals surface area (Å²) >= 11 is 0. The van der Waals surface area contributed by atoms with E-state index in [4.69, 9.17) is 9.15 Å². The molecule has 0 aliphatic carbocycles. The fraction of sp³-hybridized carbons (Fsp3) is 0.308. The van der Waals surface area contributed by atoms with Crippen molar-refractivity contribution >= 4 is 11.0 Å². The van der Waals surface area contributed by atoms with E-state index in [2.05, 4.69) is 0 Å². The lowest BCUT2D eigenvalue weighted by molar-refractivity contribution is 0.340. The molecule has 16 heavy (non-hydrogen) atoms. The van der Waals surface area contributed by atoms with Crippen molar-refractivity contribution in [2.24, 2.45) is 0 Å². The summed E-state index contributed by atoms with van der Waals surface area (Å²) in [6.45, 7) is 6.22. The zero-order valence-corrected chi connectivity index (χ0v) is 9.66. The molecule has 3 heteroatoms. The van der Waals surface area contributed by atoms with Crippen molar-refractivity contribution < 1.29 is 9.15 Å². The van der Waals surface area contributed by atoms with Crippen molar-refractivity contribution in [3.05, 3.63) is 39.7 Å². The molecule has 2 aromatic rings. The average Bonchev–Trinajstić information content (AvgIpc) is 2.26. The third-order valence-corrected chi connectivity index (χ3v) is 2.74. The van der Waals surface area contributed by atoms with Gasteiger partial charge >= 0.3 is 5.63 Å². The maximum absolute atomic E-state index is 11.5. The standard InChI is InChI=1S/C13H14O3/c1-4-15-10-5-6-11-8(2)9(3)13(14)16-12(11)7-10/h5-7H,4H2,1-3H3. The zero-order valence-electron chi connectivity index (χ0n) is 9.66. The van der Waals surface area contributed by atoms with Crippen LogP contribution in [0.3, 0.4) is 0 Å². The number of benzene rings is 1. The topological polar surface area (TPSA) is 39.4 Å². The molecular formula is C13H14O3. The molecule has 0 atom stereocenters. The van der Waals surface area contributed by atoms with E-state index in [1.807, 2.05) is 26.0 Å². The number of hydrogen-bond donors (Lipinski definition) is 0. The molecule has 3 nitrogen and oxygen atoms in total. The quantitative estimate of drug-likeness (QED) is 0.727. The molecule has 2 rings (SSSR count). The molecule has 0 aliphatic heterocycles. The predicted molar refractivity (Wildman–Crippen MR) is 63.1 cm³/mol. The van der Waals surface area contributed by atoms with Gasteiger partial charge in [-0.2, -0.15) is 0 Å². The Morgan fingerprint density at radius 3 is 2.69 bits per heavy atom. The molecule has 0 spiro atoms. The fourth-order valence-corrected chi connectivity index (χ4v) is 1.68. The van der Waals surface area contributed by atoms with E-state index in [1.54, 1.807) is 13.0 Å². The molecular weight excluding hydrogens is 204 g/mol. The van der Waals surface area contributed by atoms with Crippen LogP contribution in [0.25, 0.3) is 11.0 Å². The van der Waals surface area contributed by atoms with Gasteiger partial charge in [-0.05, 0) is 38.5 Å². The summed E-state index contributed by atoms with van der Waals surface area (Å²) in [6.07, 6.45) is 0. The highest BCUT2D eigenvalue weighted by molar-refractivity contribution is 5.82. The monoisotopic (exact) mass is 218 g/mol. The van der Waals surface area contributed by atoms with Crippen LogP contribution in [0, 0.1) is 13.8 Å². The summed E-state index contributed by atoms with van der Waals surface area (Å²) in [7, 11) is 0. The molecule has 1 heterocycles. The van der Waals surface area contributed by atoms with E-state index in [0.717, 1.165) is 16.7 Å². The summed E-state index contributed by atoms with van der Waals surface area (Å²) in [5.41, 5.74) is 1.93. The van der Waals surface area contributed by atoms with Crippen LogP contribution in [0.4, 0.5) is 0 Å². The molecule has 0 radical (unpaired) electrons. The molecule has 0 unspecified atom stereocenters. The second-order valence-corrected chi connectivity index (χ2v) is 3.73. The predicted octanol–water partition coefficient (Wildman–Crippen LogP) is 2.81. The Hall–Kier alpha value is -1.77. The van der Waals surface area contributed by atoms with Gasteiger partial charge in [0.15, 0.2) is 0 Å². The lowest BCUT2D eigenvalue weighted by atomic mass is 10.1. The third-order valence-electron chi connectivity index (χ3n) is 2.74. The van der Waals surface area contributed by atoms with Crippen LogP contribution >= 0.6 is 0 Å². The number of fused-ring (bicyclic) bond motifs is 1. The SMILES string of the molecule is CCOc1ccc2c(C)c(C)c(=O)oc2c1. The van der Waals surface area contributed by atoms with E-state index >= 15 is 0 Å². The van der Waals surface area contributed by atoms with Gasteiger partial charge in [-0.3, -0.25) is 0 Å². The van der Waals surface area contributed by atoms with Gasteiger partial charge in [-0.25, -0.2) is 4.79 Å². The highest BCUT2D eigenvalue weighted by Gasteiger charge is 2.07. The summed E-state index contributed by atoms with van der Waals surface area (Å²) in [5, 5.41) is 0.959. The second-order valence-electron chi connectivity index (χ2n) is 3.73. The van der Waals surface area contributed by atoms with Gasteiger partial charge in [-0.1, -0.05) is 0 Å². The van der Waals surface area contributed by atoms with Gasteiger partial charge < -0.3 is 9.15 Å². The van der Waals surface area contributed by atoms with Gasteiger partial charge in [0.2, 0.25) is 0 Å². The van der Waals surface area contributed by atoms with Crippen LogP contribution in [0.5, 0.6) is 5.75 Å². The summed E-state index contributed by atoms with van der Waals surface area (Å²) in [6, 6.07) is 5.57. The first-order chi connectivity index (χ1) is 7.63. The number of ether oxygens (including phenoxy) is 1. The second kappa shape index (κ2) is 4.00. The molecule has 0 N–H and O–H groups in total. The van der Waals surface area contributed by atoms with E-state index in [9.17, 15) is 4.79 Å². The molecule has 0 amide bonds. The Morgan fingerprint density at radius 2 is 2.00 bits per heavy atom. The minimum absolute atomic E-state index is 0.279. The first-order valence-corrected chi connectivity index (χ1v) is 5.30. The van der Waals surface area contributed by atoms with Gasteiger partial charge in [0.1, 0.15) is 11.3 Å². The van der Waals surface area contributed by atoms with Crippen LogP contribution in [-0.2, 0) is 0 Å². The van der Waals surface area contributed by atoms with Crippen molar-refractivity contribution in [1.29, 1.82) is 0 Å². The summed E-state index contributed by atoms with van der Waals surface area (Å²) in [5.74, 6) is 0.724. The molecule has 84 valence electrons. The molecule has 1 aromatic heterocycles. The van der Waals surface area contributed by atoms with Crippen molar-refractivity contribution in [3.63, 3.8) is 0 Å². The van der Waals surface area contributed by atoms with Gasteiger partial charge in [-0.15, -0.1) is 0 Å². The molecule has 0 fully saturated rings. The Kier molecular flexibility index (Phi) is 2.69. The smallest absolute Gasteiger partial charge is 0.339 e. The average molecular weight is 218 g/mol. The Bertz CT molecular complexity index is 581. The van der Waals surface area contributed by atoms with Gasteiger partial charge in [0.25, 0.3) is 0 Å². The zero-order chi connectivity index (χ0) is 11.7. The van der Waals surface area contributed by atoms with E-state index in [1.165, 1.54) is 0 Å². The molecule has 0 bridgehead atoms. The van der Waals surface area contributed by atoms with Crippen molar-refractivity contribution in [1.82, 2.24) is 0 Å². The minimum Gasteiger partial charge on any atom is -0.494 e. The fourth-order valence-electron chi connectivity index (χ4n) is 1.68. The summed E-state index contributed by atoms with van der Waals surface area (Å²) < 4.78 is 10.6. The van der Waals surface area contributed by atoms with E-state index < -0.39 is 0 Å². The molecule has 0 saturated heterocycles. The Morgan fingerprint density at radius 1 is 1.25 bits per heavy atom. The molecule has 0 aliphatic rings. The lowest BCUT2D eigenvalue weighted by Gasteiger charge is -2.06. The number of rotatable bonds is 2. The maximum Gasteiger partial charge on any atom is 0.339 e. The van der Waals surface area contributed by atoms with Crippen LogP contribution in [0.15, 0.2) is 27.4 Å². The van der Waals surface area contributed by atoms with E-state index in [-0.39, 0.29) is 5.63 Å². The molecule has 1 aromatic carbocycles. The van der Waals surface area contributed by atoms with Crippen molar-refractivity contribution in [3.8, 4) is 5.75 Å². The van der Waals surface area contributed by atoms with Crippen LogP contribution in [0.1, 0.15) is 18.1 Å². The Labute approximate surface area is 93.7 Å². The van der Waals surface area contributed by atoms with Crippen LogP contribution < -0.4 is 10.4 Å². The number of hydrogen-bond acceptors (Lipinski definition) is 3. The lowest BCUT2D eigenvalue weighted by Crippen LogP contribution is -2.05. The van der Waals surface area contributed by atoms with Crippen LogP contribution in [-0.4, -0.2) is 6.61 Å². The third kappa shape index (κ3) is 1.69. The first kappa shape index (κ1) is 10.7. The summed E-state index contributed by atoms with van der Waals surface area (Å²) in [4.78, 5) is 11.5. The number of aryl methyl sites for hydroxylation is 1.